The van der Waals surface area contributed by atoms with Crippen molar-refractivity contribution in [2.24, 2.45) is 5.73 Å². The zero-order chi connectivity index (χ0) is 10.8. The first-order chi connectivity index (χ1) is 6.49. The number of rotatable bonds is 3. The third kappa shape index (κ3) is 2.25. The minimum absolute atomic E-state index is 0.0893. The van der Waals surface area contributed by atoms with Crippen LogP contribution in [0.15, 0.2) is 0 Å². The van der Waals surface area contributed by atoms with Crippen molar-refractivity contribution in [2.75, 3.05) is 19.8 Å². The molecule has 1 aliphatic rings. The van der Waals surface area contributed by atoms with E-state index in [1.165, 1.54) is 0 Å². The van der Waals surface area contributed by atoms with Crippen LogP contribution in [-0.4, -0.2) is 42.1 Å². The van der Waals surface area contributed by atoms with Gasteiger partial charge in [-0.05, 0) is 20.3 Å². The van der Waals surface area contributed by atoms with Crippen LogP contribution in [0.4, 0.5) is 0 Å². The van der Waals surface area contributed by atoms with E-state index < -0.39 is 0 Å². The monoisotopic (exact) mass is 200 g/mol. The fourth-order valence-corrected chi connectivity index (χ4v) is 2.02. The van der Waals surface area contributed by atoms with Gasteiger partial charge in [-0.25, -0.2) is 0 Å². The molecule has 1 fully saturated rings. The van der Waals surface area contributed by atoms with Crippen molar-refractivity contribution in [2.45, 2.75) is 38.8 Å². The molecule has 1 heterocycles. The number of amides is 1. The minimum atomic E-state index is -0.234. The van der Waals surface area contributed by atoms with Crippen LogP contribution < -0.4 is 5.73 Å². The molecule has 0 saturated carbocycles. The number of nitrogens with zero attached hydrogens (tertiary/aromatic N) is 1. The normalized spacial score (nSPS) is 24.5. The minimum Gasteiger partial charge on any atom is -0.378 e. The zero-order valence-corrected chi connectivity index (χ0v) is 9.25. The van der Waals surface area contributed by atoms with Gasteiger partial charge in [-0.3, -0.25) is 9.69 Å². The highest BCUT2D eigenvalue weighted by Crippen LogP contribution is 2.22. The van der Waals surface area contributed by atoms with Gasteiger partial charge >= 0.3 is 0 Å². The van der Waals surface area contributed by atoms with E-state index in [0.717, 1.165) is 13.0 Å². The van der Waals surface area contributed by atoms with Crippen LogP contribution in [0.1, 0.15) is 27.2 Å². The fourth-order valence-electron chi connectivity index (χ4n) is 2.02. The number of nitrogens with two attached hydrogens (primary N) is 1. The molecule has 0 aromatic rings. The van der Waals surface area contributed by atoms with Crippen molar-refractivity contribution in [1.29, 1.82) is 0 Å². The Morgan fingerprint density at radius 3 is 2.71 bits per heavy atom. The van der Waals surface area contributed by atoms with Crippen molar-refractivity contribution < 1.29 is 9.53 Å². The molecule has 1 aliphatic heterocycles. The highest BCUT2D eigenvalue weighted by Gasteiger charge is 2.36. The number of hydrogen-bond acceptors (Lipinski definition) is 3. The van der Waals surface area contributed by atoms with Crippen LogP contribution in [0.2, 0.25) is 0 Å². The van der Waals surface area contributed by atoms with Crippen LogP contribution in [0.5, 0.6) is 0 Å². The molecular formula is C10H20N2O2. The Morgan fingerprint density at radius 2 is 2.29 bits per heavy atom. The first-order valence-electron chi connectivity index (χ1n) is 5.13. The lowest BCUT2D eigenvalue weighted by molar-refractivity contribution is -0.132. The molecule has 82 valence electrons. The van der Waals surface area contributed by atoms with E-state index >= 15 is 0 Å². The Bertz CT molecular complexity index is 216. The van der Waals surface area contributed by atoms with Crippen molar-refractivity contribution in [1.82, 2.24) is 4.90 Å². The van der Waals surface area contributed by atoms with E-state index in [-0.39, 0.29) is 17.5 Å². The number of hydrogen-bond donors (Lipinski definition) is 1. The summed E-state index contributed by atoms with van der Waals surface area (Å²) in [5, 5.41) is 0. The summed E-state index contributed by atoms with van der Waals surface area (Å²) in [4.78, 5) is 13.4. The Balaban J connectivity index is 2.76. The molecule has 4 heteroatoms. The van der Waals surface area contributed by atoms with E-state index in [9.17, 15) is 4.79 Å². The first-order valence-corrected chi connectivity index (χ1v) is 5.13. The molecule has 1 amide bonds. The quantitative estimate of drug-likeness (QED) is 0.715. The molecule has 0 spiro atoms. The van der Waals surface area contributed by atoms with Gasteiger partial charge in [0, 0.05) is 12.1 Å². The van der Waals surface area contributed by atoms with Gasteiger partial charge in [-0.2, -0.15) is 0 Å². The maximum atomic E-state index is 11.3. The van der Waals surface area contributed by atoms with Crippen molar-refractivity contribution >= 4 is 5.91 Å². The van der Waals surface area contributed by atoms with Crippen molar-refractivity contribution in [3.8, 4) is 0 Å². The summed E-state index contributed by atoms with van der Waals surface area (Å²) in [6.07, 6.45) is 0.763. The van der Waals surface area contributed by atoms with Crippen molar-refractivity contribution in [3.05, 3.63) is 0 Å². The zero-order valence-electron chi connectivity index (χ0n) is 9.25. The van der Waals surface area contributed by atoms with E-state index in [2.05, 4.69) is 18.7 Å². The first kappa shape index (κ1) is 11.5. The SMILES string of the molecule is CCC(C(N)=O)N1CCOCC1(C)C. The maximum absolute atomic E-state index is 11.3. The van der Waals surface area contributed by atoms with Gasteiger partial charge in [0.1, 0.15) is 0 Å². The summed E-state index contributed by atoms with van der Waals surface area (Å²) >= 11 is 0. The summed E-state index contributed by atoms with van der Waals surface area (Å²) < 4.78 is 5.40. The molecule has 1 atom stereocenters. The van der Waals surface area contributed by atoms with E-state index in [0.29, 0.717) is 13.2 Å². The van der Waals surface area contributed by atoms with Gasteiger partial charge in [0.2, 0.25) is 5.91 Å². The van der Waals surface area contributed by atoms with Crippen LogP contribution in [0.3, 0.4) is 0 Å². The van der Waals surface area contributed by atoms with Crippen LogP contribution in [0, 0.1) is 0 Å². The number of carbonyl (C=O) groups excluding carboxylic acids is 1. The summed E-state index contributed by atoms with van der Waals surface area (Å²) in [6.45, 7) is 8.29. The molecule has 14 heavy (non-hydrogen) atoms. The largest absolute Gasteiger partial charge is 0.378 e. The Hall–Kier alpha value is -0.610. The average Bonchev–Trinajstić information content (AvgIpc) is 2.08. The second-order valence-corrected chi connectivity index (χ2v) is 4.38. The second-order valence-electron chi connectivity index (χ2n) is 4.38. The standard InChI is InChI=1S/C10H20N2O2/c1-4-8(9(11)13)12-5-6-14-7-10(12,2)3/h8H,4-7H2,1-3H3,(H2,11,13). The van der Waals surface area contributed by atoms with Gasteiger partial charge in [0.15, 0.2) is 0 Å². The molecule has 2 N–H and O–H groups in total. The number of primary amides is 1. The molecule has 1 saturated heterocycles. The fraction of sp³-hybridized carbons (Fsp3) is 0.900. The topological polar surface area (TPSA) is 55.6 Å². The number of carbonyl (C=O) groups is 1. The summed E-state index contributed by atoms with van der Waals surface area (Å²) in [6, 6.07) is -0.158. The average molecular weight is 200 g/mol. The van der Waals surface area contributed by atoms with Crippen molar-refractivity contribution in [3.63, 3.8) is 0 Å². The Kier molecular flexibility index (Phi) is 3.50. The third-order valence-electron chi connectivity index (χ3n) is 2.80. The molecule has 4 nitrogen and oxygen atoms in total. The smallest absolute Gasteiger partial charge is 0.234 e. The van der Waals surface area contributed by atoms with Crippen LogP contribution >= 0.6 is 0 Å². The lowest BCUT2D eigenvalue weighted by Crippen LogP contribution is -2.60. The van der Waals surface area contributed by atoms with E-state index in [4.69, 9.17) is 10.5 Å². The molecular weight excluding hydrogens is 180 g/mol. The van der Waals surface area contributed by atoms with E-state index in [1.54, 1.807) is 0 Å². The Morgan fingerprint density at radius 1 is 1.64 bits per heavy atom. The predicted octanol–water partition coefficient (Wildman–Crippen LogP) is 0.361. The van der Waals surface area contributed by atoms with Gasteiger partial charge in [0.25, 0.3) is 0 Å². The van der Waals surface area contributed by atoms with Gasteiger partial charge < -0.3 is 10.5 Å². The third-order valence-corrected chi connectivity index (χ3v) is 2.80. The maximum Gasteiger partial charge on any atom is 0.234 e. The molecule has 0 bridgehead atoms. The van der Waals surface area contributed by atoms with E-state index in [1.807, 2.05) is 6.92 Å². The summed E-state index contributed by atoms with van der Waals surface area (Å²) in [7, 11) is 0. The molecule has 1 rings (SSSR count). The number of ether oxygens (including phenoxy) is 1. The Labute approximate surface area is 85.4 Å². The highest BCUT2D eigenvalue weighted by atomic mass is 16.5. The van der Waals surface area contributed by atoms with Gasteiger partial charge in [0.05, 0.1) is 19.3 Å². The van der Waals surface area contributed by atoms with Gasteiger partial charge in [-0.1, -0.05) is 6.92 Å². The summed E-state index contributed by atoms with van der Waals surface area (Å²) in [5.74, 6) is -0.234. The summed E-state index contributed by atoms with van der Waals surface area (Å²) in [5.41, 5.74) is 5.29. The number of morpholine rings is 1. The second kappa shape index (κ2) is 4.28. The molecule has 0 aromatic heterocycles. The molecule has 0 radical (unpaired) electrons. The predicted molar refractivity (Wildman–Crippen MR) is 54.9 cm³/mol. The molecule has 1 unspecified atom stereocenters. The van der Waals surface area contributed by atoms with Gasteiger partial charge in [-0.15, -0.1) is 0 Å². The molecule has 0 aliphatic carbocycles. The molecule has 0 aromatic carbocycles. The highest BCUT2D eigenvalue weighted by molar-refractivity contribution is 5.79. The van der Waals surface area contributed by atoms with Crippen LogP contribution in [0.25, 0.3) is 0 Å². The lowest BCUT2D eigenvalue weighted by Gasteiger charge is -2.45. The van der Waals surface area contributed by atoms with Crippen LogP contribution in [-0.2, 0) is 9.53 Å². The lowest BCUT2D eigenvalue weighted by atomic mass is 9.98.